The standard InChI is InChI=1S/C81H49N7S/c1-6-20-50(21-7-1)79-82-80(51-22-8-2-9-23-51)84-81(83-79)88-73-43-37-55(47-66(73)68-49-74-67(48-75(68)88)59-30-16-18-32-69(59)86(74)57-26-12-4-13-27-57)54-35-41-71-65(46-54)64-45-53(34-40-70(64)85(71)56-24-10-3-11-25-56)52-36-42-72-63(44-52)61-38-39-62-60-31-17-19-33-76(60)89-78(62)77(61)87(72)58-28-14-5-15-29-58/h1-49H. The average Bonchev–Trinajstić information content (AvgIpc) is 1.62. The third kappa shape index (κ3) is 7.61. The highest BCUT2D eigenvalue weighted by Gasteiger charge is 2.24. The zero-order valence-electron chi connectivity index (χ0n) is 47.8. The first-order chi connectivity index (χ1) is 44.1. The molecule has 0 saturated carbocycles. The van der Waals surface area contributed by atoms with Crippen molar-refractivity contribution in [1.29, 1.82) is 0 Å². The molecule has 0 aliphatic carbocycles. The molecular formula is C81H49N7S. The zero-order chi connectivity index (χ0) is 58.3. The minimum Gasteiger partial charge on any atom is -0.309 e. The Balaban J connectivity index is 0.827. The van der Waals surface area contributed by atoms with E-state index in [9.17, 15) is 0 Å². The Kier molecular flexibility index (Phi) is 10.8. The topological polar surface area (TPSA) is 58.4 Å². The maximum Gasteiger partial charge on any atom is 0.238 e. The van der Waals surface area contributed by atoms with Gasteiger partial charge in [0.2, 0.25) is 5.95 Å². The van der Waals surface area contributed by atoms with Crippen LogP contribution >= 0.6 is 11.3 Å². The fourth-order valence-electron chi connectivity index (χ4n) is 14.2. The van der Waals surface area contributed by atoms with E-state index < -0.39 is 0 Å². The van der Waals surface area contributed by atoms with Crippen LogP contribution in [-0.4, -0.2) is 33.2 Å². The number of nitrogens with zero attached hydrogens (tertiary/aromatic N) is 7. The van der Waals surface area contributed by atoms with Crippen molar-refractivity contribution >= 4 is 119 Å². The molecule has 0 unspecified atom stereocenters. The van der Waals surface area contributed by atoms with Crippen LogP contribution in [-0.2, 0) is 0 Å². The Morgan fingerprint density at radius 2 is 0.596 bits per heavy atom. The molecule has 19 rings (SSSR count). The number of aromatic nitrogens is 7. The molecule has 0 aliphatic rings. The highest BCUT2D eigenvalue weighted by Crippen LogP contribution is 2.46. The first-order valence-electron chi connectivity index (χ1n) is 30.2. The van der Waals surface area contributed by atoms with Crippen LogP contribution in [0.3, 0.4) is 0 Å². The van der Waals surface area contributed by atoms with Crippen molar-refractivity contribution in [3.63, 3.8) is 0 Å². The van der Waals surface area contributed by atoms with Gasteiger partial charge >= 0.3 is 0 Å². The molecule has 89 heavy (non-hydrogen) atoms. The van der Waals surface area contributed by atoms with Gasteiger partial charge in [0.25, 0.3) is 0 Å². The van der Waals surface area contributed by atoms with Crippen molar-refractivity contribution in [2.45, 2.75) is 0 Å². The summed E-state index contributed by atoms with van der Waals surface area (Å²) in [6.07, 6.45) is 0. The van der Waals surface area contributed by atoms with E-state index >= 15 is 0 Å². The molecule has 13 aromatic carbocycles. The summed E-state index contributed by atoms with van der Waals surface area (Å²) in [6, 6.07) is 108. The van der Waals surface area contributed by atoms with Crippen molar-refractivity contribution in [3.8, 4) is 68.0 Å². The van der Waals surface area contributed by atoms with Gasteiger partial charge in [-0.2, -0.15) is 9.97 Å². The van der Waals surface area contributed by atoms with Gasteiger partial charge in [-0.05, 0) is 131 Å². The lowest BCUT2D eigenvalue weighted by Crippen LogP contribution is -2.06. The first-order valence-corrected chi connectivity index (χ1v) is 31.0. The van der Waals surface area contributed by atoms with Gasteiger partial charge < -0.3 is 13.7 Å². The Hall–Kier alpha value is -11.7. The maximum absolute atomic E-state index is 5.36. The largest absolute Gasteiger partial charge is 0.309 e. The van der Waals surface area contributed by atoms with Crippen LogP contribution in [0.15, 0.2) is 297 Å². The molecule has 0 fully saturated rings. The number of hydrogen-bond acceptors (Lipinski definition) is 4. The van der Waals surface area contributed by atoms with E-state index in [1.54, 1.807) is 0 Å². The van der Waals surface area contributed by atoms with Gasteiger partial charge in [0.15, 0.2) is 11.6 Å². The second-order valence-corrected chi connectivity index (χ2v) is 24.2. The van der Waals surface area contributed by atoms with Gasteiger partial charge in [-0.15, -0.1) is 11.3 Å². The Bertz CT molecular complexity index is 6020. The van der Waals surface area contributed by atoms with E-state index in [2.05, 4.69) is 279 Å². The lowest BCUT2D eigenvalue weighted by atomic mass is 9.98. The van der Waals surface area contributed by atoms with Gasteiger partial charge in [-0.1, -0.05) is 188 Å². The van der Waals surface area contributed by atoms with Crippen LogP contribution in [0.2, 0.25) is 0 Å². The summed E-state index contributed by atoms with van der Waals surface area (Å²) in [5.74, 6) is 1.77. The van der Waals surface area contributed by atoms with Crippen LogP contribution in [0.1, 0.15) is 0 Å². The van der Waals surface area contributed by atoms with Crippen molar-refractivity contribution in [3.05, 3.63) is 297 Å². The smallest absolute Gasteiger partial charge is 0.238 e. The lowest BCUT2D eigenvalue weighted by molar-refractivity contribution is 0.954. The first kappa shape index (κ1) is 49.5. The number of thiophene rings is 1. The number of para-hydroxylation sites is 4. The summed E-state index contributed by atoms with van der Waals surface area (Å²) in [4.78, 5) is 15.8. The predicted molar refractivity (Wildman–Crippen MR) is 372 cm³/mol. The van der Waals surface area contributed by atoms with Crippen LogP contribution in [0.4, 0.5) is 0 Å². The van der Waals surface area contributed by atoms with Crippen LogP contribution in [0.5, 0.6) is 0 Å². The highest BCUT2D eigenvalue weighted by atomic mass is 32.1. The summed E-state index contributed by atoms with van der Waals surface area (Å²) in [5.41, 5.74) is 18.8. The SMILES string of the molecule is c1ccc(-c2nc(-c3ccccc3)nc(-n3c4ccc(-c5ccc6c(c5)c5cc(-c7ccc8c(c7)c7ccc9c%10ccccc%10sc9c7n8-c7ccccc7)ccc5n6-c5ccccc5)cc4c4cc5c(cc43)c3ccccc3n5-c3ccccc3)n2)cc1. The lowest BCUT2D eigenvalue weighted by Gasteiger charge is -2.11. The summed E-state index contributed by atoms with van der Waals surface area (Å²) < 4.78 is 12.2. The molecule has 0 N–H and O–H groups in total. The monoisotopic (exact) mass is 1150 g/mol. The Morgan fingerprint density at radius 3 is 1.13 bits per heavy atom. The molecule has 0 atom stereocenters. The predicted octanol–water partition coefficient (Wildman–Crippen LogP) is 21.3. The molecule has 19 aromatic rings. The Morgan fingerprint density at radius 1 is 0.225 bits per heavy atom. The summed E-state index contributed by atoms with van der Waals surface area (Å²) in [6.45, 7) is 0. The quantitative estimate of drug-likeness (QED) is 0.152. The zero-order valence-corrected chi connectivity index (χ0v) is 48.6. The van der Waals surface area contributed by atoms with Crippen molar-refractivity contribution in [2.75, 3.05) is 0 Å². The number of fused-ring (bicyclic) bond motifs is 16. The number of rotatable bonds is 8. The second-order valence-electron chi connectivity index (χ2n) is 23.1. The van der Waals surface area contributed by atoms with Crippen molar-refractivity contribution in [2.24, 2.45) is 0 Å². The average molecular weight is 1150 g/mol. The van der Waals surface area contributed by atoms with E-state index in [-0.39, 0.29) is 0 Å². The van der Waals surface area contributed by atoms with E-state index in [0.29, 0.717) is 17.6 Å². The molecule has 0 radical (unpaired) electrons. The normalized spacial score (nSPS) is 12.0. The summed E-state index contributed by atoms with van der Waals surface area (Å²) in [5, 5.41) is 12.0. The molecule has 8 heteroatoms. The highest BCUT2D eigenvalue weighted by molar-refractivity contribution is 7.26. The molecule has 0 saturated heterocycles. The van der Waals surface area contributed by atoms with Gasteiger partial charge in [-0.25, -0.2) is 4.98 Å². The molecule has 0 amide bonds. The number of benzene rings is 13. The molecule has 7 nitrogen and oxygen atoms in total. The molecule has 414 valence electrons. The fourth-order valence-corrected chi connectivity index (χ4v) is 15.4. The van der Waals surface area contributed by atoms with Crippen LogP contribution < -0.4 is 0 Å². The van der Waals surface area contributed by atoms with Crippen molar-refractivity contribution in [1.82, 2.24) is 33.2 Å². The van der Waals surface area contributed by atoms with Gasteiger partial charge in [-0.3, -0.25) is 4.57 Å². The second kappa shape index (κ2) is 19.4. The molecule has 0 bridgehead atoms. The molecule has 0 spiro atoms. The molecule has 6 aromatic heterocycles. The third-order valence-corrected chi connectivity index (χ3v) is 19.4. The van der Waals surface area contributed by atoms with E-state index in [1.165, 1.54) is 63.7 Å². The van der Waals surface area contributed by atoms with Gasteiger partial charge in [0.05, 0.1) is 48.8 Å². The van der Waals surface area contributed by atoms with E-state index in [0.717, 1.165) is 94.1 Å². The van der Waals surface area contributed by atoms with Gasteiger partial charge in [0, 0.05) is 86.8 Å². The maximum atomic E-state index is 5.36. The van der Waals surface area contributed by atoms with Gasteiger partial charge in [0.1, 0.15) is 0 Å². The molecule has 6 heterocycles. The van der Waals surface area contributed by atoms with E-state index in [4.69, 9.17) is 15.0 Å². The fraction of sp³-hybridized carbons (Fsp3) is 0. The van der Waals surface area contributed by atoms with Crippen LogP contribution in [0.25, 0.3) is 175 Å². The summed E-state index contributed by atoms with van der Waals surface area (Å²) >= 11 is 1.89. The molecule has 0 aliphatic heterocycles. The van der Waals surface area contributed by atoms with Crippen LogP contribution in [0, 0.1) is 0 Å². The number of hydrogen-bond donors (Lipinski definition) is 0. The minimum absolute atomic E-state index is 0.553. The van der Waals surface area contributed by atoms with E-state index in [1.807, 2.05) is 47.7 Å². The minimum atomic E-state index is 0.553. The third-order valence-electron chi connectivity index (χ3n) is 18.2. The molecular weight excluding hydrogens is 1100 g/mol. The summed E-state index contributed by atoms with van der Waals surface area (Å²) in [7, 11) is 0. The van der Waals surface area contributed by atoms with Crippen molar-refractivity contribution < 1.29 is 0 Å². The Labute approximate surface area is 514 Å².